The number of fused-ring (bicyclic) bond motifs is 1. The molecule has 0 saturated heterocycles. The van der Waals surface area contributed by atoms with E-state index in [1.54, 1.807) is 6.33 Å². The van der Waals surface area contributed by atoms with E-state index in [1.807, 2.05) is 24.3 Å². The number of rotatable bonds is 6. The van der Waals surface area contributed by atoms with Crippen LogP contribution in [0.3, 0.4) is 0 Å². The lowest BCUT2D eigenvalue weighted by atomic mass is 9.96. The van der Waals surface area contributed by atoms with Crippen LogP contribution in [0.1, 0.15) is 36.8 Å². The van der Waals surface area contributed by atoms with E-state index in [0.29, 0.717) is 5.02 Å². The van der Waals surface area contributed by atoms with Crippen LogP contribution in [0.5, 0.6) is 0 Å². The highest BCUT2D eigenvalue weighted by Crippen LogP contribution is 2.29. The Morgan fingerprint density at radius 1 is 1.19 bits per heavy atom. The number of anilines is 1. The Morgan fingerprint density at radius 3 is 2.93 bits per heavy atom. The van der Waals surface area contributed by atoms with Gasteiger partial charge in [0.25, 0.3) is 0 Å². The fourth-order valence-corrected chi connectivity index (χ4v) is 3.72. The van der Waals surface area contributed by atoms with Gasteiger partial charge in [0.2, 0.25) is 0 Å². The second-order valence-electron chi connectivity index (χ2n) is 6.76. The molecule has 4 rings (SSSR count). The summed E-state index contributed by atoms with van der Waals surface area (Å²) in [4.78, 5) is 9.67. The fraction of sp³-hybridized carbons (Fsp3) is 0.400. The van der Waals surface area contributed by atoms with Crippen LogP contribution in [-0.2, 0) is 25.8 Å². The van der Waals surface area contributed by atoms with Crippen LogP contribution in [0.4, 0.5) is 5.82 Å². The van der Waals surface area contributed by atoms with Crippen LogP contribution < -0.4 is 5.32 Å². The molecule has 0 unspecified atom stereocenters. The third-order valence-corrected chi connectivity index (χ3v) is 5.16. The molecule has 0 atom stereocenters. The van der Waals surface area contributed by atoms with Gasteiger partial charge in [-0.3, -0.25) is 0 Å². The highest BCUT2D eigenvalue weighted by Gasteiger charge is 2.18. The molecule has 0 fully saturated rings. The predicted molar refractivity (Wildman–Crippen MR) is 107 cm³/mol. The van der Waals surface area contributed by atoms with Gasteiger partial charge >= 0.3 is 0 Å². The van der Waals surface area contributed by atoms with Crippen molar-refractivity contribution in [3.63, 3.8) is 0 Å². The SMILES string of the molecule is CCc1nncn1CCNc1nc(-c2cccc(Cl)c2)nc2c1CCCC2. The Hall–Kier alpha value is -2.47. The van der Waals surface area contributed by atoms with E-state index in [0.717, 1.165) is 61.1 Å². The number of aryl methyl sites for hydroxylation is 2. The Morgan fingerprint density at radius 2 is 2.07 bits per heavy atom. The number of nitrogens with one attached hydrogen (secondary N) is 1. The molecule has 1 aromatic carbocycles. The smallest absolute Gasteiger partial charge is 0.161 e. The van der Waals surface area contributed by atoms with Gasteiger partial charge in [0.1, 0.15) is 18.0 Å². The molecule has 6 nitrogen and oxygen atoms in total. The molecule has 0 bridgehead atoms. The van der Waals surface area contributed by atoms with E-state index >= 15 is 0 Å². The van der Waals surface area contributed by atoms with Gasteiger partial charge in [-0.15, -0.1) is 10.2 Å². The minimum Gasteiger partial charge on any atom is -0.368 e. The minimum absolute atomic E-state index is 0.697. The Kier molecular flexibility index (Phi) is 5.34. The van der Waals surface area contributed by atoms with Crippen LogP contribution in [0.25, 0.3) is 11.4 Å². The van der Waals surface area contributed by atoms with Gasteiger partial charge in [-0.1, -0.05) is 30.7 Å². The van der Waals surface area contributed by atoms with Crippen molar-refractivity contribution in [2.75, 3.05) is 11.9 Å². The van der Waals surface area contributed by atoms with Crippen molar-refractivity contribution in [3.8, 4) is 11.4 Å². The second-order valence-corrected chi connectivity index (χ2v) is 7.20. The summed E-state index contributed by atoms with van der Waals surface area (Å²) in [6.45, 7) is 3.66. The van der Waals surface area contributed by atoms with E-state index in [1.165, 1.54) is 18.4 Å². The Labute approximate surface area is 164 Å². The molecule has 3 aromatic rings. The quantitative estimate of drug-likeness (QED) is 0.699. The van der Waals surface area contributed by atoms with E-state index in [9.17, 15) is 0 Å². The second kappa shape index (κ2) is 8.05. The van der Waals surface area contributed by atoms with Gasteiger partial charge in [-0.05, 0) is 37.8 Å². The summed E-state index contributed by atoms with van der Waals surface area (Å²) in [7, 11) is 0. The maximum Gasteiger partial charge on any atom is 0.161 e. The van der Waals surface area contributed by atoms with Gasteiger partial charge in [0, 0.05) is 41.4 Å². The Bertz CT molecular complexity index is 936. The van der Waals surface area contributed by atoms with Gasteiger partial charge in [-0.2, -0.15) is 0 Å². The molecule has 0 radical (unpaired) electrons. The highest BCUT2D eigenvalue weighted by atomic mass is 35.5. The summed E-state index contributed by atoms with van der Waals surface area (Å²) in [6.07, 6.45) is 7.06. The predicted octanol–water partition coefficient (Wildman–Crippen LogP) is 3.94. The van der Waals surface area contributed by atoms with Crippen molar-refractivity contribution in [1.82, 2.24) is 24.7 Å². The van der Waals surface area contributed by atoms with Crippen molar-refractivity contribution < 1.29 is 0 Å². The van der Waals surface area contributed by atoms with Crippen molar-refractivity contribution in [3.05, 3.63) is 52.7 Å². The van der Waals surface area contributed by atoms with Gasteiger partial charge in [0.05, 0.1) is 0 Å². The maximum absolute atomic E-state index is 6.16. The van der Waals surface area contributed by atoms with Crippen molar-refractivity contribution in [2.45, 2.75) is 45.6 Å². The van der Waals surface area contributed by atoms with E-state index in [-0.39, 0.29) is 0 Å². The monoisotopic (exact) mass is 382 g/mol. The molecule has 1 N–H and O–H groups in total. The highest BCUT2D eigenvalue weighted by molar-refractivity contribution is 6.30. The molecule has 0 amide bonds. The van der Waals surface area contributed by atoms with Crippen LogP contribution in [0, 0.1) is 0 Å². The van der Waals surface area contributed by atoms with Crippen LogP contribution >= 0.6 is 11.6 Å². The summed E-state index contributed by atoms with van der Waals surface area (Å²) in [6, 6.07) is 7.73. The average molecular weight is 383 g/mol. The first kappa shape index (κ1) is 17.9. The zero-order chi connectivity index (χ0) is 18.6. The number of hydrogen-bond donors (Lipinski definition) is 1. The lowest BCUT2D eigenvalue weighted by Gasteiger charge is -2.20. The summed E-state index contributed by atoms with van der Waals surface area (Å²) < 4.78 is 2.08. The number of halogens is 1. The third kappa shape index (κ3) is 3.95. The zero-order valence-electron chi connectivity index (χ0n) is 15.5. The molecule has 0 aliphatic heterocycles. The lowest BCUT2D eigenvalue weighted by molar-refractivity contribution is 0.658. The lowest BCUT2D eigenvalue weighted by Crippen LogP contribution is -2.17. The van der Waals surface area contributed by atoms with Crippen LogP contribution in [0.2, 0.25) is 5.02 Å². The first-order chi connectivity index (χ1) is 13.2. The first-order valence-corrected chi connectivity index (χ1v) is 9.88. The fourth-order valence-electron chi connectivity index (χ4n) is 3.53. The maximum atomic E-state index is 6.16. The molecule has 27 heavy (non-hydrogen) atoms. The van der Waals surface area contributed by atoms with Crippen molar-refractivity contribution in [1.29, 1.82) is 0 Å². The van der Waals surface area contributed by atoms with E-state index in [4.69, 9.17) is 21.6 Å². The average Bonchev–Trinajstić information content (AvgIpc) is 3.15. The first-order valence-electron chi connectivity index (χ1n) is 9.51. The molecule has 0 spiro atoms. The summed E-state index contributed by atoms with van der Waals surface area (Å²) >= 11 is 6.16. The molecule has 1 aliphatic carbocycles. The number of benzene rings is 1. The Balaban J connectivity index is 1.59. The molecule has 2 heterocycles. The van der Waals surface area contributed by atoms with Crippen LogP contribution in [-0.4, -0.2) is 31.3 Å². The standard InChI is InChI=1S/C20H23ClN6/c1-2-18-26-23-13-27(18)11-10-22-20-16-8-3-4-9-17(16)24-19(25-20)14-6-5-7-15(21)12-14/h5-7,12-13H,2-4,8-11H2,1H3,(H,22,24,25). The topological polar surface area (TPSA) is 68.5 Å². The molecule has 1 aliphatic rings. The van der Waals surface area contributed by atoms with Gasteiger partial charge in [0.15, 0.2) is 5.82 Å². The van der Waals surface area contributed by atoms with Crippen molar-refractivity contribution >= 4 is 17.4 Å². The molecule has 0 saturated carbocycles. The summed E-state index contributed by atoms with van der Waals surface area (Å²) in [5, 5.41) is 12.4. The van der Waals surface area contributed by atoms with Gasteiger partial charge < -0.3 is 9.88 Å². The van der Waals surface area contributed by atoms with Crippen LogP contribution in [0.15, 0.2) is 30.6 Å². The number of nitrogens with zero attached hydrogens (tertiary/aromatic N) is 5. The van der Waals surface area contributed by atoms with Gasteiger partial charge in [-0.25, -0.2) is 9.97 Å². The molecular weight excluding hydrogens is 360 g/mol. The third-order valence-electron chi connectivity index (χ3n) is 4.92. The zero-order valence-corrected chi connectivity index (χ0v) is 16.2. The van der Waals surface area contributed by atoms with E-state index < -0.39 is 0 Å². The normalized spacial score (nSPS) is 13.4. The summed E-state index contributed by atoms with van der Waals surface area (Å²) in [5.41, 5.74) is 3.37. The van der Waals surface area contributed by atoms with E-state index in [2.05, 4.69) is 27.0 Å². The largest absolute Gasteiger partial charge is 0.368 e. The number of hydrogen-bond acceptors (Lipinski definition) is 5. The number of aromatic nitrogens is 5. The molecule has 140 valence electrons. The molecule has 7 heteroatoms. The minimum atomic E-state index is 0.697. The molecule has 2 aromatic heterocycles. The van der Waals surface area contributed by atoms with Crippen molar-refractivity contribution in [2.24, 2.45) is 0 Å². The summed E-state index contributed by atoms with van der Waals surface area (Å²) in [5.74, 6) is 2.68. The molecular formula is C20H23ClN6.